The third-order valence-corrected chi connectivity index (χ3v) is 3.40. The smallest absolute Gasteiger partial charge is 0.150 e. The highest BCUT2D eigenvalue weighted by Crippen LogP contribution is 2.32. The Hall–Kier alpha value is -2.43. The Morgan fingerprint density at radius 3 is 1.96 bits per heavy atom. The van der Waals surface area contributed by atoms with Gasteiger partial charge in [-0.05, 0) is 44.4 Å². The Bertz CT molecular complexity index is 553. The second-order valence-electron chi connectivity index (χ2n) is 5.32. The molecule has 4 heteroatoms. The number of hydrogen-bond acceptors (Lipinski definition) is 4. The number of nitrogens with two attached hydrogens (primary N) is 1. The lowest BCUT2D eigenvalue weighted by Gasteiger charge is -2.17. The van der Waals surface area contributed by atoms with E-state index in [2.05, 4.69) is 11.8 Å². The number of aldehydes is 1. The molecule has 0 unspecified atom stereocenters. The second kappa shape index (κ2) is 12.0. The van der Waals surface area contributed by atoms with Gasteiger partial charge in [0.1, 0.15) is 17.8 Å². The van der Waals surface area contributed by atoms with Crippen LogP contribution in [-0.4, -0.2) is 26.0 Å². The van der Waals surface area contributed by atoms with Crippen LogP contribution in [0.25, 0.3) is 0 Å². The first kappa shape index (κ1) is 19.6. The first-order valence-electron chi connectivity index (χ1n) is 8.21. The molecule has 0 fully saturated rings. The molecule has 0 heterocycles. The molecule has 0 bridgehead atoms. The highest BCUT2D eigenvalue weighted by atomic mass is 16.5. The van der Waals surface area contributed by atoms with Gasteiger partial charge in [0.25, 0.3) is 0 Å². The van der Waals surface area contributed by atoms with Crippen LogP contribution in [0.5, 0.6) is 11.5 Å². The topological polar surface area (TPSA) is 61.5 Å². The lowest BCUT2D eigenvalue weighted by molar-refractivity contribution is 0.112. The van der Waals surface area contributed by atoms with Gasteiger partial charge in [0.15, 0.2) is 0 Å². The molecule has 0 aliphatic rings. The van der Waals surface area contributed by atoms with E-state index in [0.717, 1.165) is 37.5 Å². The Morgan fingerprint density at radius 1 is 1.00 bits per heavy atom. The van der Waals surface area contributed by atoms with E-state index in [9.17, 15) is 4.79 Å². The Balaban J connectivity index is 2.96. The predicted molar refractivity (Wildman–Crippen MR) is 96.3 cm³/mol. The normalized spacial score (nSPS) is 9.79. The fourth-order valence-electron chi connectivity index (χ4n) is 2.20. The fraction of sp³-hybridized carbons (Fsp3) is 0.450. The van der Waals surface area contributed by atoms with Gasteiger partial charge < -0.3 is 15.2 Å². The molecule has 0 radical (unpaired) electrons. The molecule has 0 saturated carbocycles. The molecular formula is C20H25NO3. The van der Waals surface area contributed by atoms with Crippen LogP contribution in [0.1, 0.15) is 48.0 Å². The van der Waals surface area contributed by atoms with Gasteiger partial charge in [-0.25, -0.2) is 0 Å². The predicted octanol–water partition coefficient (Wildman–Crippen LogP) is 2.97. The van der Waals surface area contributed by atoms with Crippen LogP contribution in [0.4, 0.5) is 0 Å². The molecule has 0 saturated heterocycles. The maximum Gasteiger partial charge on any atom is 0.150 e. The zero-order valence-corrected chi connectivity index (χ0v) is 14.1. The van der Waals surface area contributed by atoms with Crippen LogP contribution in [0.3, 0.4) is 0 Å². The monoisotopic (exact) mass is 327 g/mol. The number of carbonyl (C=O) groups is 1. The number of rotatable bonds is 12. The number of terminal acetylenes is 2. The summed E-state index contributed by atoms with van der Waals surface area (Å²) in [4.78, 5) is 11.2. The van der Waals surface area contributed by atoms with Crippen LogP contribution >= 0.6 is 0 Å². The van der Waals surface area contributed by atoms with Crippen molar-refractivity contribution < 1.29 is 14.3 Å². The third kappa shape index (κ3) is 6.77. The summed E-state index contributed by atoms with van der Waals surface area (Å²) in [6.45, 7) is 1.57. The summed E-state index contributed by atoms with van der Waals surface area (Å²) >= 11 is 0. The highest BCUT2D eigenvalue weighted by molar-refractivity contribution is 5.77. The van der Waals surface area contributed by atoms with Gasteiger partial charge in [-0.2, -0.15) is 0 Å². The average Bonchev–Trinajstić information content (AvgIpc) is 2.61. The number of unbranched alkanes of at least 4 members (excludes halogenated alkanes) is 2. The van der Waals surface area contributed by atoms with Gasteiger partial charge in [0.05, 0.1) is 13.2 Å². The van der Waals surface area contributed by atoms with Gasteiger partial charge in [-0.1, -0.05) is 0 Å². The molecule has 24 heavy (non-hydrogen) atoms. The third-order valence-electron chi connectivity index (χ3n) is 3.40. The molecule has 1 rings (SSSR count). The first-order valence-corrected chi connectivity index (χ1v) is 8.21. The molecule has 0 amide bonds. The van der Waals surface area contributed by atoms with Crippen molar-refractivity contribution in [1.29, 1.82) is 0 Å². The number of ether oxygens (including phenoxy) is 2. The summed E-state index contributed by atoms with van der Waals surface area (Å²) in [6, 6.07) is 3.48. The molecule has 128 valence electrons. The molecule has 1 aromatic carbocycles. The minimum absolute atomic E-state index is 0.499. The van der Waals surface area contributed by atoms with Crippen molar-refractivity contribution in [3.8, 4) is 36.2 Å². The molecule has 2 N–H and O–H groups in total. The summed E-state index contributed by atoms with van der Waals surface area (Å²) in [5, 5.41) is 0. The quantitative estimate of drug-likeness (QED) is 0.364. The van der Waals surface area contributed by atoms with Crippen molar-refractivity contribution in [3.63, 3.8) is 0 Å². The van der Waals surface area contributed by atoms with Crippen LogP contribution in [0.2, 0.25) is 0 Å². The van der Waals surface area contributed by atoms with E-state index in [1.165, 1.54) is 0 Å². The lowest BCUT2D eigenvalue weighted by atomic mass is 10.0. The highest BCUT2D eigenvalue weighted by Gasteiger charge is 2.13. The van der Waals surface area contributed by atoms with Crippen molar-refractivity contribution in [2.75, 3.05) is 19.8 Å². The molecule has 1 aromatic rings. The maximum atomic E-state index is 11.2. The van der Waals surface area contributed by atoms with E-state index < -0.39 is 0 Å². The number of hydrogen-bond donors (Lipinski definition) is 1. The molecule has 4 nitrogen and oxygen atoms in total. The van der Waals surface area contributed by atoms with Gasteiger partial charge in [-0.15, -0.1) is 24.7 Å². The SMILES string of the molecule is C#CCCCOc1cc(C=O)cc(OCCCC#C)c1CCCN. The van der Waals surface area contributed by atoms with Crippen LogP contribution < -0.4 is 15.2 Å². The van der Waals surface area contributed by atoms with Crippen molar-refractivity contribution in [1.82, 2.24) is 0 Å². The standard InChI is InChI=1S/C20H25NO3/c1-3-5-7-12-23-19-14-17(16-22)15-20(18(19)10-9-11-21)24-13-8-6-4-2/h1-2,14-16H,5-13,21H2. The summed E-state index contributed by atoms with van der Waals surface area (Å²) in [5.74, 6) is 6.49. The molecule has 0 aromatic heterocycles. The van der Waals surface area contributed by atoms with Crippen molar-refractivity contribution >= 4 is 6.29 Å². The maximum absolute atomic E-state index is 11.2. The largest absolute Gasteiger partial charge is 0.493 e. The van der Waals surface area contributed by atoms with Crippen molar-refractivity contribution in [3.05, 3.63) is 23.3 Å². The molecule has 0 spiro atoms. The Labute approximate surface area is 144 Å². The zero-order chi connectivity index (χ0) is 17.6. The van der Waals surface area contributed by atoms with Gasteiger partial charge in [0.2, 0.25) is 0 Å². The van der Waals surface area contributed by atoms with E-state index in [1.807, 2.05) is 0 Å². The number of benzene rings is 1. The molecule has 0 aliphatic carbocycles. The van der Waals surface area contributed by atoms with Crippen LogP contribution in [0, 0.1) is 24.7 Å². The Kier molecular flexibility index (Phi) is 9.85. The zero-order valence-electron chi connectivity index (χ0n) is 14.1. The van der Waals surface area contributed by atoms with E-state index in [-0.39, 0.29) is 0 Å². The average molecular weight is 327 g/mol. The second-order valence-corrected chi connectivity index (χ2v) is 5.32. The van der Waals surface area contributed by atoms with E-state index in [4.69, 9.17) is 28.1 Å². The van der Waals surface area contributed by atoms with E-state index in [1.54, 1.807) is 12.1 Å². The first-order chi connectivity index (χ1) is 11.8. The molecule has 0 aliphatic heterocycles. The lowest BCUT2D eigenvalue weighted by Crippen LogP contribution is -2.08. The fourth-order valence-corrected chi connectivity index (χ4v) is 2.20. The summed E-state index contributed by atoms with van der Waals surface area (Å²) < 4.78 is 11.7. The summed E-state index contributed by atoms with van der Waals surface area (Å²) in [5.41, 5.74) is 7.09. The van der Waals surface area contributed by atoms with Gasteiger partial charge >= 0.3 is 0 Å². The van der Waals surface area contributed by atoms with Crippen LogP contribution in [-0.2, 0) is 6.42 Å². The number of carbonyl (C=O) groups excluding carboxylic acids is 1. The Morgan fingerprint density at radius 2 is 1.54 bits per heavy atom. The minimum atomic E-state index is 0.499. The minimum Gasteiger partial charge on any atom is -0.493 e. The van der Waals surface area contributed by atoms with Crippen LogP contribution in [0.15, 0.2) is 12.1 Å². The van der Waals surface area contributed by atoms with Crippen molar-refractivity contribution in [2.24, 2.45) is 5.73 Å². The van der Waals surface area contributed by atoms with Gasteiger partial charge in [0, 0.05) is 24.0 Å². The summed E-state index contributed by atoms with van der Waals surface area (Å²) in [6.07, 6.45) is 15.7. The summed E-state index contributed by atoms with van der Waals surface area (Å²) in [7, 11) is 0. The van der Waals surface area contributed by atoms with Gasteiger partial charge in [-0.3, -0.25) is 4.79 Å². The molecule has 0 atom stereocenters. The van der Waals surface area contributed by atoms with E-state index >= 15 is 0 Å². The van der Waals surface area contributed by atoms with Crippen molar-refractivity contribution in [2.45, 2.75) is 38.5 Å². The molecular weight excluding hydrogens is 302 g/mol. The van der Waals surface area contributed by atoms with E-state index in [0.29, 0.717) is 49.7 Å².